The molecule has 0 bridgehead atoms. The summed E-state index contributed by atoms with van der Waals surface area (Å²) in [6.45, 7) is 4.89. The molecule has 1 aliphatic heterocycles. The van der Waals surface area contributed by atoms with Gasteiger partial charge in [0.25, 0.3) is 0 Å². The molecule has 1 N–H and O–H groups in total. The molecule has 1 aliphatic rings. The summed E-state index contributed by atoms with van der Waals surface area (Å²) in [5.41, 5.74) is 3.84. The van der Waals surface area contributed by atoms with E-state index in [-0.39, 0.29) is 22.9 Å². The van der Waals surface area contributed by atoms with Crippen LogP contribution in [0.1, 0.15) is 25.9 Å². The van der Waals surface area contributed by atoms with E-state index in [0.29, 0.717) is 45.3 Å². The fourth-order valence-electron chi connectivity index (χ4n) is 4.04. The molecule has 1 saturated heterocycles. The molecular formula is C26H21BrN4O5S. The number of anilines is 1. The van der Waals surface area contributed by atoms with Crippen LogP contribution in [0.5, 0.6) is 5.88 Å². The first-order valence-electron chi connectivity index (χ1n) is 11.4. The lowest BCUT2D eigenvalue weighted by Gasteiger charge is -2.28. The maximum absolute atomic E-state index is 11.3. The maximum Gasteiger partial charge on any atom is 0.345 e. The van der Waals surface area contributed by atoms with Gasteiger partial charge in [0.15, 0.2) is 6.39 Å². The Morgan fingerprint density at radius 3 is 2.65 bits per heavy atom. The smallest absolute Gasteiger partial charge is 0.345 e. The molecule has 4 heterocycles. The molecule has 0 saturated carbocycles. The molecule has 1 fully saturated rings. The zero-order valence-corrected chi connectivity index (χ0v) is 22.1. The van der Waals surface area contributed by atoms with Crippen LogP contribution in [0.3, 0.4) is 0 Å². The molecule has 11 heteroatoms. The molecule has 0 spiro atoms. The van der Waals surface area contributed by atoms with Crippen LogP contribution in [-0.4, -0.2) is 47.3 Å². The highest BCUT2D eigenvalue weighted by Gasteiger charge is 2.21. The molecule has 9 nitrogen and oxygen atoms in total. The number of carboxylic acid groups (broad SMARTS) is 1. The van der Waals surface area contributed by atoms with Crippen molar-refractivity contribution in [3.05, 3.63) is 68.3 Å². The van der Waals surface area contributed by atoms with Crippen molar-refractivity contribution >= 4 is 38.9 Å². The van der Waals surface area contributed by atoms with E-state index in [2.05, 4.69) is 36.9 Å². The predicted octanol–water partition coefficient (Wildman–Crippen LogP) is 5.52. The SMILES string of the molecule is Cc1ocnc1-c1cc(-c2ccc(N3CCOCC3)cc2)nc(OCc2sc(C(=O)O)cc2Br)c1C#N. The number of halogens is 1. The molecule has 0 radical (unpaired) electrons. The predicted molar refractivity (Wildman–Crippen MR) is 141 cm³/mol. The highest BCUT2D eigenvalue weighted by molar-refractivity contribution is 9.10. The summed E-state index contributed by atoms with van der Waals surface area (Å²) in [5.74, 6) is -0.319. The fraction of sp³-hybridized carbons (Fsp3) is 0.231. The highest BCUT2D eigenvalue weighted by Crippen LogP contribution is 2.36. The zero-order valence-electron chi connectivity index (χ0n) is 19.7. The van der Waals surface area contributed by atoms with Crippen LogP contribution in [0, 0.1) is 18.3 Å². The van der Waals surface area contributed by atoms with Gasteiger partial charge in [-0.15, -0.1) is 11.3 Å². The number of ether oxygens (including phenoxy) is 2. The number of nitrogens with zero attached hydrogens (tertiary/aromatic N) is 4. The van der Waals surface area contributed by atoms with Gasteiger partial charge in [0.1, 0.15) is 34.6 Å². The highest BCUT2D eigenvalue weighted by atomic mass is 79.9. The van der Waals surface area contributed by atoms with Gasteiger partial charge >= 0.3 is 5.97 Å². The molecule has 4 aromatic rings. The summed E-state index contributed by atoms with van der Waals surface area (Å²) >= 11 is 4.49. The first kappa shape index (κ1) is 25.0. The van der Waals surface area contributed by atoms with Crippen molar-refractivity contribution in [3.63, 3.8) is 0 Å². The van der Waals surface area contributed by atoms with Crippen LogP contribution in [0.15, 0.2) is 51.7 Å². The molecule has 1 aromatic carbocycles. The normalized spacial score (nSPS) is 13.4. The number of carbonyl (C=O) groups is 1. The number of aromatic carboxylic acids is 1. The Morgan fingerprint density at radius 2 is 2.03 bits per heavy atom. The lowest BCUT2D eigenvalue weighted by molar-refractivity contribution is 0.0702. The lowest BCUT2D eigenvalue weighted by atomic mass is 10.0. The van der Waals surface area contributed by atoms with Gasteiger partial charge in [-0.3, -0.25) is 0 Å². The first-order valence-corrected chi connectivity index (χ1v) is 13.0. The molecule has 0 amide bonds. The molecule has 3 aromatic heterocycles. The Morgan fingerprint density at radius 1 is 1.27 bits per heavy atom. The van der Waals surface area contributed by atoms with Gasteiger partial charge in [-0.25, -0.2) is 14.8 Å². The Labute approximate surface area is 225 Å². The largest absolute Gasteiger partial charge is 0.477 e. The Balaban J connectivity index is 1.53. The first-order chi connectivity index (χ1) is 17.9. The number of oxazole rings is 1. The second-order valence-corrected chi connectivity index (χ2v) is 10.2. The second-order valence-electron chi connectivity index (χ2n) is 8.23. The number of rotatable bonds is 7. The van der Waals surface area contributed by atoms with Gasteiger partial charge in [-0.1, -0.05) is 12.1 Å². The summed E-state index contributed by atoms with van der Waals surface area (Å²) in [4.78, 5) is 23.5. The van der Waals surface area contributed by atoms with E-state index in [1.54, 1.807) is 6.92 Å². The number of pyridine rings is 1. The molecule has 0 unspecified atom stereocenters. The van der Waals surface area contributed by atoms with Crippen LogP contribution < -0.4 is 9.64 Å². The Bertz CT molecular complexity index is 1490. The van der Waals surface area contributed by atoms with Crippen molar-refractivity contribution in [1.29, 1.82) is 5.26 Å². The van der Waals surface area contributed by atoms with E-state index >= 15 is 0 Å². The summed E-state index contributed by atoms with van der Waals surface area (Å²) in [6, 6.07) is 13.6. The van der Waals surface area contributed by atoms with E-state index in [0.717, 1.165) is 35.7 Å². The summed E-state index contributed by atoms with van der Waals surface area (Å²) in [6.07, 6.45) is 1.33. The number of hydrogen-bond acceptors (Lipinski definition) is 9. The summed E-state index contributed by atoms with van der Waals surface area (Å²) in [5, 5.41) is 19.3. The van der Waals surface area contributed by atoms with E-state index in [9.17, 15) is 15.2 Å². The van der Waals surface area contributed by atoms with Crippen LogP contribution in [0.25, 0.3) is 22.5 Å². The number of carboxylic acids is 1. The average molecular weight is 581 g/mol. The number of thiophene rings is 1. The Kier molecular flexibility index (Phi) is 7.23. The summed E-state index contributed by atoms with van der Waals surface area (Å²) in [7, 11) is 0. The van der Waals surface area contributed by atoms with Crippen molar-refractivity contribution in [1.82, 2.24) is 9.97 Å². The monoisotopic (exact) mass is 580 g/mol. The van der Waals surface area contributed by atoms with Crippen molar-refractivity contribution in [3.8, 4) is 34.5 Å². The fourth-order valence-corrected chi connectivity index (χ4v) is 5.58. The van der Waals surface area contributed by atoms with Gasteiger partial charge in [0.05, 0.1) is 23.8 Å². The van der Waals surface area contributed by atoms with Crippen LogP contribution >= 0.6 is 27.3 Å². The van der Waals surface area contributed by atoms with E-state index in [1.807, 2.05) is 30.3 Å². The molecule has 0 atom stereocenters. The van der Waals surface area contributed by atoms with E-state index in [1.165, 1.54) is 12.5 Å². The van der Waals surface area contributed by atoms with Gasteiger partial charge < -0.3 is 23.9 Å². The van der Waals surface area contributed by atoms with Crippen molar-refractivity contribution in [2.75, 3.05) is 31.2 Å². The van der Waals surface area contributed by atoms with Gasteiger partial charge in [-0.05, 0) is 47.1 Å². The van der Waals surface area contributed by atoms with Crippen molar-refractivity contribution < 1.29 is 23.8 Å². The van der Waals surface area contributed by atoms with Gasteiger partial charge in [0.2, 0.25) is 5.88 Å². The van der Waals surface area contributed by atoms with Crippen molar-refractivity contribution in [2.24, 2.45) is 0 Å². The van der Waals surface area contributed by atoms with Crippen LogP contribution in [0.2, 0.25) is 0 Å². The van der Waals surface area contributed by atoms with E-state index in [4.69, 9.17) is 13.9 Å². The number of aromatic nitrogens is 2. The molecule has 37 heavy (non-hydrogen) atoms. The number of benzene rings is 1. The lowest BCUT2D eigenvalue weighted by Crippen LogP contribution is -2.36. The van der Waals surface area contributed by atoms with Crippen LogP contribution in [-0.2, 0) is 11.3 Å². The minimum atomic E-state index is -1.01. The van der Waals surface area contributed by atoms with Crippen molar-refractivity contribution in [2.45, 2.75) is 13.5 Å². The quantitative estimate of drug-likeness (QED) is 0.301. The zero-order chi connectivity index (χ0) is 25.9. The molecular weight excluding hydrogens is 560 g/mol. The number of hydrogen-bond donors (Lipinski definition) is 1. The van der Waals surface area contributed by atoms with Crippen LogP contribution in [0.4, 0.5) is 5.69 Å². The number of morpholine rings is 1. The standard InChI is InChI=1S/C26H21BrN4O5S/c1-15-24(29-14-36-15)18-10-21(16-2-4-17(5-3-16)31-6-8-34-9-7-31)30-25(19(18)12-28)35-13-23-20(27)11-22(37-23)26(32)33/h2-5,10-11,14H,6-9,13H2,1H3,(H,32,33). The molecule has 188 valence electrons. The third-order valence-corrected chi connectivity index (χ3v) is 8.01. The van der Waals surface area contributed by atoms with E-state index < -0.39 is 5.97 Å². The average Bonchev–Trinajstić information content (AvgIpc) is 3.52. The number of nitriles is 1. The maximum atomic E-state index is 11.3. The molecule has 0 aliphatic carbocycles. The minimum Gasteiger partial charge on any atom is -0.477 e. The Hall–Kier alpha value is -3.72. The van der Waals surface area contributed by atoms with Gasteiger partial charge in [0, 0.05) is 34.4 Å². The third-order valence-electron chi connectivity index (χ3n) is 5.95. The second kappa shape index (κ2) is 10.7. The topological polar surface area (TPSA) is 122 Å². The number of aryl methyl sites for hydroxylation is 1. The van der Waals surface area contributed by atoms with Gasteiger partial charge in [-0.2, -0.15) is 5.26 Å². The molecule has 5 rings (SSSR count). The summed E-state index contributed by atoms with van der Waals surface area (Å²) < 4.78 is 17.5. The third kappa shape index (κ3) is 5.22. The minimum absolute atomic E-state index is 0.0386.